The van der Waals surface area contributed by atoms with Gasteiger partial charge in [0.2, 0.25) is 0 Å². The van der Waals surface area contributed by atoms with Crippen molar-refractivity contribution in [1.29, 1.82) is 0 Å². The number of carbonyl (C=O) groups is 1. The first-order valence-electron chi connectivity index (χ1n) is 10.8. The van der Waals surface area contributed by atoms with E-state index in [9.17, 15) is 4.79 Å². The lowest BCUT2D eigenvalue weighted by molar-refractivity contribution is -0.142. The monoisotopic (exact) mass is 388 g/mol. The third-order valence-corrected chi connectivity index (χ3v) is 6.42. The minimum Gasteiger partial charge on any atom is -0.492 e. The number of amides is 1. The highest BCUT2D eigenvalue weighted by atomic mass is 16.5. The first kappa shape index (κ1) is 21.1. The van der Waals surface area contributed by atoms with Crippen LogP contribution in [0.2, 0.25) is 0 Å². The molecule has 1 saturated heterocycles. The molecule has 1 aliphatic carbocycles. The highest BCUT2D eigenvalue weighted by Crippen LogP contribution is 2.35. The Morgan fingerprint density at radius 1 is 1.14 bits per heavy atom. The summed E-state index contributed by atoms with van der Waals surface area (Å²) in [5.41, 5.74) is 0.102. The van der Waals surface area contributed by atoms with Crippen LogP contribution < -0.4 is 10.1 Å². The van der Waals surface area contributed by atoms with Gasteiger partial charge in [0.25, 0.3) is 5.91 Å². The van der Waals surface area contributed by atoms with Gasteiger partial charge < -0.3 is 14.8 Å². The van der Waals surface area contributed by atoms with Crippen LogP contribution in [0.5, 0.6) is 5.75 Å². The van der Waals surface area contributed by atoms with Crippen molar-refractivity contribution >= 4 is 11.6 Å². The molecule has 1 aliphatic heterocycles. The number of anilines is 1. The van der Waals surface area contributed by atoms with Gasteiger partial charge in [-0.05, 0) is 81.2 Å². The minimum absolute atomic E-state index is 0.0326. The maximum absolute atomic E-state index is 12.8. The molecule has 5 nitrogen and oxygen atoms in total. The van der Waals surface area contributed by atoms with E-state index in [1.807, 2.05) is 24.3 Å². The fraction of sp³-hybridized carbons (Fsp3) is 0.696. The number of nitrogens with zero attached hydrogens (tertiary/aromatic N) is 1. The number of likely N-dealkylation sites (tertiary alicyclic amines) is 1. The van der Waals surface area contributed by atoms with Gasteiger partial charge in [0.1, 0.15) is 18.0 Å². The van der Waals surface area contributed by atoms with Crippen LogP contribution in [0.1, 0.15) is 52.4 Å². The van der Waals surface area contributed by atoms with E-state index in [0.29, 0.717) is 12.5 Å². The fourth-order valence-electron chi connectivity index (χ4n) is 4.41. The fourth-order valence-corrected chi connectivity index (χ4v) is 4.41. The molecule has 5 heteroatoms. The SMILES string of the molecule is COC1(C(=O)Nc2ccc(OCCN3CCCC(C)C3)cc2)CCC(C)CC1. The Morgan fingerprint density at radius 3 is 2.50 bits per heavy atom. The number of hydrogen-bond acceptors (Lipinski definition) is 4. The van der Waals surface area contributed by atoms with Gasteiger partial charge in [-0.3, -0.25) is 9.69 Å². The first-order chi connectivity index (χ1) is 13.5. The standard InChI is InChI=1S/C23H36N2O3/c1-18-10-12-23(27-3,13-11-18)22(26)24-20-6-8-21(9-7-20)28-16-15-25-14-4-5-19(2)17-25/h6-9,18-19H,4-5,10-17H2,1-3H3,(H,24,26). The van der Waals surface area contributed by atoms with Crippen molar-refractivity contribution in [2.75, 3.05) is 38.7 Å². The van der Waals surface area contributed by atoms with E-state index < -0.39 is 5.60 Å². The number of rotatable bonds is 7. The van der Waals surface area contributed by atoms with Crippen molar-refractivity contribution in [2.45, 2.75) is 58.0 Å². The van der Waals surface area contributed by atoms with Crippen LogP contribution in [-0.2, 0) is 9.53 Å². The smallest absolute Gasteiger partial charge is 0.256 e. The van der Waals surface area contributed by atoms with E-state index in [4.69, 9.17) is 9.47 Å². The quantitative estimate of drug-likeness (QED) is 0.755. The summed E-state index contributed by atoms with van der Waals surface area (Å²) in [6.07, 6.45) is 6.26. The van der Waals surface area contributed by atoms with Gasteiger partial charge in [-0.1, -0.05) is 13.8 Å². The highest BCUT2D eigenvalue weighted by molar-refractivity contribution is 5.97. The summed E-state index contributed by atoms with van der Waals surface area (Å²) < 4.78 is 11.6. The lowest BCUT2D eigenvalue weighted by Gasteiger charge is -2.36. The maximum Gasteiger partial charge on any atom is 0.256 e. The highest BCUT2D eigenvalue weighted by Gasteiger charge is 2.41. The minimum atomic E-state index is -0.687. The van der Waals surface area contributed by atoms with Crippen LogP contribution in [0.25, 0.3) is 0 Å². The molecule has 1 heterocycles. The van der Waals surface area contributed by atoms with Crippen molar-refractivity contribution in [3.63, 3.8) is 0 Å². The van der Waals surface area contributed by atoms with Crippen LogP contribution in [0.3, 0.4) is 0 Å². The number of hydrogen-bond donors (Lipinski definition) is 1. The molecule has 1 N–H and O–H groups in total. The number of nitrogens with one attached hydrogen (secondary N) is 1. The Kier molecular flexibility index (Phi) is 7.36. The first-order valence-corrected chi connectivity index (χ1v) is 10.8. The number of carbonyl (C=O) groups excluding carboxylic acids is 1. The Morgan fingerprint density at radius 2 is 1.86 bits per heavy atom. The summed E-state index contributed by atoms with van der Waals surface area (Å²) in [6.45, 7) is 8.58. The summed E-state index contributed by atoms with van der Waals surface area (Å²) in [5.74, 6) is 2.27. The number of benzene rings is 1. The maximum atomic E-state index is 12.8. The third-order valence-electron chi connectivity index (χ3n) is 6.42. The number of piperidine rings is 1. The van der Waals surface area contributed by atoms with E-state index in [0.717, 1.165) is 49.6 Å². The Hall–Kier alpha value is -1.59. The Labute approximate surface area is 169 Å². The molecule has 1 unspecified atom stereocenters. The lowest BCUT2D eigenvalue weighted by Crippen LogP contribution is -2.47. The molecular formula is C23H36N2O3. The Bertz CT molecular complexity index is 623. The second-order valence-corrected chi connectivity index (χ2v) is 8.76. The topological polar surface area (TPSA) is 50.8 Å². The van der Waals surface area contributed by atoms with E-state index in [2.05, 4.69) is 24.1 Å². The third kappa shape index (κ3) is 5.48. The summed E-state index contributed by atoms with van der Waals surface area (Å²) in [7, 11) is 1.65. The van der Waals surface area contributed by atoms with Gasteiger partial charge in [0, 0.05) is 25.9 Å². The average Bonchev–Trinajstić information content (AvgIpc) is 2.70. The van der Waals surface area contributed by atoms with Gasteiger partial charge in [-0.25, -0.2) is 0 Å². The molecule has 3 rings (SSSR count). The average molecular weight is 389 g/mol. The molecule has 1 aromatic carbocycles. The molecule has 0 spiro atoms. The van der Waals surface area contributed by atoms with Crippen molar-refractivity contribution in [3.05, 3.63) is 24.3 Å². The summed E-state index contributed by atoms with van der Waals surface area (Å²) in [6, 6.07) is 7.67. The molecule has 0 aromatic heterocycles. The Balaban J connectivity index is 1.46. The second kappa shape index (κ2) is 9.75. The van der Waals surface area contributed by atoms with Gasteiger partial charge in [-0.2, -0.15) is 0 Å². The van der Waals surface area contributed by atoms with Crippen LogP contribution in [0, 0.1) is 11.8 Å². The molecule has 1 amide bonds. The zero-order valence-electron chi connectivity index (χ0n) is 17.7. The molecule has 1 atom stereocenters. The zero-order chi connectivity index (χ0) is 20.0. The van der Waals surface area contributed by atoms with E-state index in [1.54, 1.807) is 7.11 Å². The van der Waals surface area contributed by atoms with Gasteiger partial charge in [0.05, 0.1) is 0 Å². The molecular weight excluding hydrogens is 352 g/mol. The lowest BCUT2D eigenvalue weighted by atomic mass is 9.79. The number of ether oxygens (including phenoxy) is 2. The van der Waals surface area contributed by atoms with Crippen molar-refractivity contribution in [1.82, 2.24) is 4.90 Å². The van der Waals surface area contributed by atoms with Crippen LogP contribution >= 0.6 is 0 Å². The van der Waals surface area contributed by atoms with E-state index in [1.165, 1.54) is 25.9 Å². The zero-order valence-corrected chi connectivity index (χ0v) is 17.7. The van der Waals surface area contributed by atoms with Gasteiger partial charge in [-0.15, -0.1) is 0 Å². The van der Waals surface area contributed by atoms with Crippen molar-refractivity contribution in [2.24, 2.45) is 11.8 Å². The molecule has 2 aliphatic rings. The summed E-state index contributed by atoms with van der Waals surface area (Å²) in [5, 5.41) is 3.03. The van der Waals surface area contributed by atoms with Crippen LogP contribution in [0.15, 0.2) is 24.3 Å². The van der Waals surface area contributed by atoms with Crippen LogP contribution in [0.4, 0.5) is 5.69 Å². The largest absolute Gasteiger partial charge is 0.492 e. The second-order valence-electron chi connectivity index (χ2n) is 8.76. The summed E-state index contributed by atoms with van der Waals surface area (Å²) >= 11 is 0. The molecule has 2 fully saturated rings. The normalized spacial score (nSPS) is 28.7. The van der Waals surface area contributed by atoms with Gasteiger partial charge in [0.15, 0.2) is 0 Å². The van der Waals surface area contributed by atoms with E-state index >= 15 is 0 Å². The van der Waals surface area contributed by atoms with E-state index in [-0.39, 0.29) is 5.91 Å². The predicted molar refractivity (Wildman–Crippen MR) is 113 cm³/mol. The molecule has 1 aromatic rings. The molecule has 156 valence electrons. The van der Waals surface area contributed by atoms with Crippen molar-refractivity contribution in [3.8, 4) is 5.75 Å². The van der Waals surface area contributed by atoms with Crippen LogP contribution in [-0.4, -0.2) is 49.8 Å². The summed E-state index contributed by atoms with van der Waals surface area (Å²) in [4.78, 5) is 15.3. The molecule has 0 bridgehead atoms. The molecule has 1 saturated carbocycles. The predicted octanol–water partition coefficient (Wildman–Crippen LogP) is 4.33. The van der Waals surface area contributed by atoms with Crippen molar-refractivity contribution < 1.29 is 14.3 Å². The molecule has 28 heavy (non-hydrogen) atoms. The number of methoxy groups -OCH3 is 1. The molecule has 0 radical (unpaired) electrons. The van der Waals surface area contributed by atoms with Gasteiger partial charge >= 0.3 is 0 Å².